The molecule has 0 bridgehead atoms. The Morgan fingerprint density at radius 2 is 2.18 bits per heavy atom. The molecule has 2 aromatic heterocycles. The quantitative estimate of drug-likeness (QED) is 0.661. The van der Waals surface area contributed by atoms with E-state index in [1.165, 1.54) is 10.7 Å². The Hall–Kier alpha value is -2.70. The van der Waals surface area contributed by atoms with Crippen molar-refractivity contribution < 1.29 is 0 Å². The highest BCUT2D eigenvalue weighted by Crippen LogP contribution is 2.16. The van der Waals surface area contributed by atoms with Crippen LogP contribution in [0.3, 0.4) is 0 Å². The molecule has 3 aromatic rings. The number of aromatic nitrogens is 6. The summed E-state index contributed by atoms with van der Waals surface area (Å²) >= 11 is 0. The molecule has 0 spiro atoms. The molecule has 84 valence electrons. The summed E-state index contributed by atoms with van der Waals surface area (Å²) in [7, 11) is 0. The van der Waals surface area contributed by atoms with Crippen molar-refractivity contribution in [3.05, 3.63) is 46.9 Å². The van der Waals surface area contributed by atoms with E-state index in [0.717, 1.165) is 11.3 Å². The predicted molar refractivity (Wildman–Crippen MR) is 59.6 cm³/mol. The topological polar surface area (TPSA) is 92.2 Å². The lowest BCUT2D eigenvalue weighted by molar-refractivity contribution is 0.849. The van der Waals surface area contributed by atoms with Gasteiger partial charge in [0.05, 0.1) is 5.69 Å². The first-order chi connectivity index (χ1) is 8.34. The van der Waals surface area contributed by atoms with Crippen LogP contribution in [0.1, 0.15) is 0 Å². The normalized spacial score (nSPS) is 10.6. The van der Waals surface area contributed by atoms with Crippen LogP contribution in [0.4, 0.5) is 0 Å². The highest BCUT2D eigenvalue weighted by atomic mass is 16.1. The fraction of sp³-hybridized carbons (Fsp3) is 0. The van der Waals surface area contributed by atoms with Crippen LogP contribution >= 0.6 is 0 Å². The van der Waals surface area contributed by atoms with Crippen LogP contribution in [0.2, 0.25) is 0 Å². The number of rotatable bonds is 2. The Bertz CT molecular complexity index is 681. The van der Waals surface area contributed by atoms with Gasteiger partial charge in [-0.3, -0.25) is 9.89 Å². The van der Waals surface area contributed by atoms with Crippen molar-refractivity contribution in [1.82, 2.24) is 30.4 Å². The number of benzene rings is 1. The maximum atomic E-state index is 11.5. The van der Waals surface area contributed by atoms with Crippen LogP contribution < -0.4 is 5.56 Å². The van der Waals surface area contributed by atoms with Gasteiger partial charge in [0, 0.05) is 17.8 Å². The van der Waals surface area contributed by atoms with Crippen LogP contribution in [0.15, 0.2) is 41.3 Å². The third-order valence-corrected chi connectivity index (χ3v) is 2.36. The molecule has 0 aliphatic rings. The molecule has 7 nitrogen and oxygen atoms in total. The van der Waals surface area contributed by atoms with Crippen molar-refractivity contribution in [2.75, 3.05) is 0 Å². The van der Waals surface area contributed by atoms with Crippen LogP contribution in [-0.4, -0.2) is 30.4 Å². The van der Waals surface area contributed by atoms with Gasteiger partial charge in [0.25, 0.3) is 5.56 Å². The Kier molecular flexibility index (Phi) is 2.08. The third-order valence-electron chi connectivity index (χ3n) is 2.36. The molecule has 0 atom stereocenters. The second-order valence-electron chi connectivity index (χ2n) is 3.42. The lowest BCUT2D eigenvalue weighted by atomic mass is 10.2. The molecule has 0 aliphatic heterocycles. The van der Waals surface area contributed by atoms with Crippen molar-refractivity contribution in [3.63, 3.8) is 0 Å². The molecule has 7 heteroatoms. The Balaban J connectivity index is 2.12. The van der Waals surface area contributed by atoms with Gasteiger partial charge in [-0.15, -0.1) is 10.2 Å². The smallest absolute Gasteiger partial charge is 0.271 e. The monoisotopic (exact) mass is 228 g/mol. The average molecular weight is 228 g/mol. The highest BCUT2D eigenvalue weighted by Gasteiger charge is 2.05. The van der Waals surface area contributed by atoms with E-state index in [1.807, 2.05) is 24.3 Å². The fourth-order valence-corrected chi connectivity index (χ4v) is 1.59. The molecule has 0 unspecified atom stereocenters. The number of hydrogen-bond donors (Lipinski definition) is 2. The lowest BCUT2D eigenvalue weighted by Gasteiger charge is -2.02. The molecular weight excluding hydrogens is 220 g/mol. The molecule has 3 rings (SSSR count). The number of tetrazole rings is 1. The van der Waals surface area contributed by atoms with Crippen molar-refractivity contribution >= 4 is 0 Å². The predicted octanol–water partition coefficient (Wildman–Crippen LogP) is 0.346. The van der Waals surface area contributed by atoms with Crippen LogP contribution in [0.5, 0.6) is 0 Å². The molecule has 0 saturated heterocycles. The van der Waals surface area contributed by atoms with Gasteiger partial charge in [-0.25, -0.2) is 4.68 Å². The summed E-state index contributed by atoms with van der Waals surface area (Å²) in [5.41, 5.74) is 1.40. The molecule has 2 heterocycles. The van der Waals surface area contributed by atoms with E-state index < -0.39 is 0 Å². The molecule has 0 radical (unpaired) electrons. The van der Waals surface area contributed by atoms with Gasteiger partial charge >= 0.3 is 0 Å². The summed E-state index contributed by atoms with van der Waals surface area (Å²) in [6.07, 6.45) is 1.59. The third kappa shape index (κ3) is 1.63. The Labute approximate surface area is 95.1 Å². The number of nitrogens with one attached hydrogen (secondary N) is 2. The molecule has 0 saturated carbocycles. The zero-order valence-corrected chi connectivity index (χ0v) is 8.66. The zero-order valence-electron chi connectivity index (χ0n) is 8.66. The minimum Gasteiger partial charge on any atom is -0.298 e. The molecule has 1 aromatic carbocycles. The van der Waals surface area contributed by atoms with E-state index in [1.54, 1.807) is 6.20 Å². The van der Waals surface area contributed by atoms with Gasteiger partial charge in [0.2, 0.25) is 5.82 Å². The van der Waals surface area contributed by atoms with Crippen LogP contribution in [-0.2, 0) is 0 Å². The summed E-state index contributed by atoms with van der Waals surface area (Å²) in [6, 6.07) is 8.77. The molecule has 0 aliphatic carbocycles. The highest BCUT2D eigenvalue weighted by molar-refractivity contribution is 5.57. The van der Waals surface area contributed by atoms with Crippen LogP contribution in [0.25, 0.3) is 17.1 Å². The van der Waals surface area contributed by atoms with Crippen molar-refractivity contribution in [3.8, 4) is 17.1 Å². The summed E-state index contributed by atoms with van der Waals surface area (Å²) in [4.78, 5) is 11.5. The van der Waals surface area contributed by atoms with Gasteiger partial charge in [-0.2, -0.15) is 5.21 Å². The number of nitrogens with zero attached hydrogens (tertiary/aromatic N) is 4. The molecule has 0 amide bonds. The zero-order chi connectivity index (χ0) is 11.7. The molecular formula is C10H8N6O. The van der Waals surface area contributed by atoms with E-state index in [4.69, 9.17) is 0 Å². The van der Waals surface area contributed by atoms with Gasteiger partial charge in [-0.1, -0.05) is 12.1 Å². The maximum absolute atomic E-state index is 11.5. The lowest BCUT2D eigenvalue weighted by Crippen LogP contribution is -2.13. The van der Waals surface area contributed by atoms with Gasteiger partial charge < -0.3 is 0 Å². The first-order valence-corrected chi connectivity index (χ1v) is 4.95. The minimum absolute atomic E-state index is 0.115. The molecule has 17 heavy (non-hydrogen) atoms. The van der Waals surface area contributed by atoms with E-state index in [2.05, 4.69) is 25.7 Å². The Morgan fingerprint density at radius 1 is 1.24 bits per heavy atom. The first kappa shape index (κ1) is 9.52. The standard InChI is InChI=1S/C10H8N6O/c17-9-4-5-11-16(9)8-3-1-2-7(6-8)10-12-14-15-13-10/h1-6,11H,(H,12,13,14,15). The molecule has 2 N–H and O–H groups in total. The average Bonchev–Trinajstić information content (AvgIpc) is 2.99. The second-order valence-corrected chi connectivity index (χ2v) is 3.42. The van der Waals surface area contributed by atoms with Gasteiger partial charge in [0.1, 0.15) is 0 Å². The van der Waals surface area contributed by atoms with Crippen molar-refractivity contribution in [2.24, 2.45) is 0 Å². The fourth-order valence-electron chi connectivity index (χ4n) is 1.59. The largest absolute Gasteiger partial charge is 0.298 e. The van der Waals surface area contributed by atoms with Gasteiger partial charge in [0.15, 0.2) is 0 Å². The van der Waals surface area contributed by atoms with Gasteiger partial charge in [-0.05, 0) is 17.3 Å². The molecule has 0 fully saturated rings. The SMILES string of the molecule is O=c1cc[nH]n1-c1cccc(-c2nn[nH]n2)c1. The number of H-pyrrole nitrogens is 2. The number of hydrogen-bond acceptors (Lipinski definition) is 4. The summed E-state index contributed by atoms with van der Waals surface area (Å²) < 4.78 is 1.43. The Morgan fingerprint density at radius 3 is 2.88 bits per heavy atom. The minimum atomic E-state index is -0.115. The number of aromatic amines is 2. The van der Waals surface area contributed by atoms with E-state index in [0.29, 0.717) is 5.82 Å². The van der Waals surface area contributed by atoms with E-state index in [-0.39, 0.29) is 5.56 Å². The first-order valence-electron chi connectivity index (χ1n) is 4.95. The van der Waals surface area contributed by atoms with Crippen LogP contribution in [0, 0.1) is 0 Å². The maximum Gasteiger partial charge on any atom is 0.271 e. The van der Waals surface area contributed by atoms with E-state index in [9.17, 15) is 4.79 Å². The van der Waals surface area contributed by atoms with Crippen molar-refractivity contribution in [2.45, 2.75) is 0 Å². The van der Waals surface area contributed by atoms with Crippen molar-refractivity contribution in [1.29, 1.82) is 0 Å². The summed E-state index contributed by atoms with van der Waals surface area (Å²) in [5.74, 6) is 0.492. The second kappa shape index (κ2) is 3.71. The summed E-state index contributed by atoms with van der Waals surface area (Å²) in [5, 5.41) is 16.5. The van der Waals surface area contributed by atoms with E-state index >= 15 is 0 Å². The summed E-state index contributed by atoms with van der Waals surface area (Å²) in [6.45, 7) is 0.